The average molecular weight is 327 g/mol. The van der Waals surface area contributed by atoms with Crippen LogP contribution in [-0.2, 0) is 0 Å². The second-order valence-electron chi connectivity index (χ2n) is 6.01. The molecule has 6 heteroatoms. The number of nitro benzene ring substituents is 1. The van der Waals surface area contributed by atoms with Crippen molar-refractivity contribution in [3.05, 3.63) is 70.3 Å². The van der Waals surface area contributed by atoms with Gasteiger partial charge in [-0.15, -0.1) is 0 Å². The Morgan fingerprint density at radius 1 is 1.12 bits per heavy atom. The van der Waals surface area contributed by atoms with Gasteiger partial charge in [0.2, 0.25) is 0 Å². The average Bonchev–Trinajstić information content (AvgIpc) is 2.97. The van der Waals surface area contributed by atoms with Gasteiger partial charge in [0, 0.05) is 37.7 Å². The molecule has 0 bridgehead atoms. The number of likely N-dealkylation sites (tertiary alicyclic amines) is 1. The van der Waals surface area contributed by atoms with Crippen molar-refractivity contribution in [1.82, 2.24) is 4.90 Å². The van der Waals surface area contributed by atoms with E-state index >= 15 is 0 Å². The molecule has 2 aromatic carbocycles. The van der Waals surface area contributed by atoms with Crippen molar-refractivity contribution >= 4 is 5.69 Å². The number of para-hydroxylation sites is 2. The molecule has 1 fully saturated rings. The van der Waals surface area contributed by atoms with E-state index in [0.29, 0.717) is 24.8 Å². The van der Waals surface area contributed by atoms with Crippen molar-refractivity contribution in [1.29, 1.82) is 0 Å². The Bertz CT molecular complexity index is 693. The number of hydrogen-bond acceptors (Lipinski definition) is 5. The maximum atomic E-state index is 11.0. The Hall–Kier alpha value is -2.44. The minimum absolute atomic E-state index is 0.00205. The van der Waals surface area contributed by atoms with Gasteiger partial charge in [-0.3, -0.25) is 15.0 Å². The maximum absolute atomic E-state index is 11.0. The summed E-state index contributed by atoms with van der Waals surface area (Å²) in [5, 5.41) is 11.0. The van der Waals surface area contributed by atoms with Crippen LogP contribution in [0.3, 0.4) is 0 Å². The summed E-state index contributed by atoms with van der Waals surface area (Å²) in [6.45, 7) is 2.79. The largest absolute Gasteiger partial charge is 0.485 e. The molecule has 1 aliphatic rings. The Balaban J connectivity index is 1.54. The molecule has 2 N–H and O–H groups in total. The molecule has 0 unspecified atom stereocenters. The number of rotatable bonds is 6. The smallest absolute Gasteiger partial charge is 0.310 e. The van der Waals surface area contributed by atoms with Gasteiger partial charge >= 0.3 is 5.69 Å². The fourth-order valence-corrected chi connectivity index (χ4v) is 3.16. The lowest BCUT2D eigenvalue weighted by Crippen LogP contribution is -2.30. The van der Waals surface area contributed by atoms with Crippen molar-refractivity contribution in [3.8, 4) is 5.75 Å². The summed E-state index contributed by atoms with van der Waals surface area (Å²) < 4.78 is 5.61. The second kappa shape index (κ2) is 7.42. The molecule has 0 saturated carbocycles. The third-order valence-electron chi connectivity index (χ3n) is 4.40. The van der Waals surface area contributed by atoms with Gasteiger partial charge in [0.15, 0.2) is 5.75 Å². The van der Waals surface area contributed by atoms with E-state index in [1.54, 1.807) is 18.2 Å². The number of nitro groups is 1. The van der Waals surface area contributed by atoms with E-state index < -0.39 is 4.92 Å². The molecule has 1 heterocycles. The number of hydrogen-bond donors (Lipinski definition) is 1. The van der Waals surface area contributed by atoms with E-state index in [2.05, 4.69) is 17.0 Å². The molecular weight excluding hydrogens is 306 g/mol. The molecule has 126 valence electrons. The first kappa shape index (κ1) is 16.4. The van der Waals surface area contributed by atoms with Crippen LogP contribution in [0.4, 0.5) is 5.69 Å². The molecule has 24 heavy (non-hydrogen) atoms. The summed E-state index contributed by atoms with van der Waals surface area (Å²) in [4.78, 5) is 12.8. The maximum Gasteiger partial charge on any atom is 0.310 e. The van der Waals surface area contributed by atoms with Gasteiger partial charge in [-0.25, -0.2) is 0 Å². The van der Waals surface area contributed by atoms with Crippen molar-refractivity contribution in [2.75, 3.05) is 26.2 Å². The van der Waals surface area contributed by atoms with Gasteiger partial charge in [0.25, 0.3) is 0 Å². The topological polar surface area (TPSA) is 81.6 Å². The Labute approximate surface area is 141 Å². The first-order valence-electron chi connectivity index (χ1n) is 8.04. The lowest BCUT2D eigenvalue weighted by molar-refractivity contribution is -0.385. The first-order chi connectivity index (χ1) is 11.6. The van der Waals surface area contributed by atoms with Crippen LogP contribution in [-0.4, -0.2) is 42.1 Å². The highest BCUT2D eigenvalue weighted by molar-refractivity contribution is 5.45. The third kappa shape index (κ3) is 3.72. The van der Waals surface area contributed by atoms with Gasteiger partial charge in [-0.05, 0) is 11.6 Å². The van der Waals surface area contributed by atoms with Crippen LogP contribution in [0.15, 0.2) is 54.6 Å². The molecular formula is C18H21N3O3. The standard InChI is InChI=1S/C18H21N3O3/c19-16-13-20(12-15(16)14-6-2-1-3-7-14)10-11-24-18-9-5-4-8-17(18)21(22)23/h1-9,15-16H,10-13,19H2/t15-,16+/m0/s1. The van der Waals surface area contributed by atoms with Gasteiger partial charge in [0.1, 0.15) is 6.61 Å². The molecule has 2 aromatic rings. The highest BCUT2D eigenvalue weighted by atomic mass is 16.6. The molecule has 0 aliphatic carbocycles. The zero-order valence-electron chi connectivity index (χ0n) is 13.4. The number of nitrogens with zero attached hydrogens (tertiary/aromatic N) is 2. The van der Waals surface area contributed by atoms with E-state index in [9.17, 15) is 10.1 Å². The molecule has 6 nitrogen and oxygen atoms in total. The monoisotopic (exact) mass is 327 g/mol. The zero-order chi connectivity index (χ0) is 16.9. The molecule has 0 aromatic heterocycles. The molecule has 1 aliphatic heterocycles. The number of benzene rings is 2. The minimum Gasteiger partial charge on any atom is -0.485 e. The molecule has 1 saturated heterocycles. The van der Waals surface area contributed by atoms with E-state index in [1.807, 2.05) is 18.2 Å². The van der Waals surface area contributed by atoms with Gasteiger partial charge in [-0.2, -0.15) is 0 Å². The quantitative estimate of drug-likeness (QED) is 0.651. The van der Waals surface area contributed by atoms with E-state index in [-0.39, 0.29) is 11.7 Å². The summed E-state index contributed by atoms with van der Waals surface area (Å²) in [6.07, 6.45) is 0. The summed E-state index contributed by atoms with van der Waals surface area (Å²) in [5.41, 5.74) is 7.53. The van der Waals surface area contributed by atoms with Crippen LogP contribution >= 0.6 is 0 Å². The van der Waals surface area contributed by atoms with Crippen molar-refractivity contribution in [2.24, 2.45) is 5.73 Å². The summed E-state index contributed by atoms with van der Waals surface area (Å²) >= 11 is 0. The molecule has 0 radical (unpaired) electrons. The second-order valence-corrected chi connectivity index (χ2v) is 6.01. The van der Waals surface area contributed by atoms with Crippen LogP contribution in [0, 0.1) is 10.1 Å². The predicted octanol–water partition coefficient (Wildman–Crippen LogP) is 2.40. The zero-order valence-corrected chi connectivity index (χ0v) is 13.4. The fraction of sp³-hybridized carbons (Fsp3) is 0.333. The Morgan fingerprint density at radius 2 is 1.83 bits per heavy atom. The van der Waals surface area contributed by atoms with Crippen LogP contribution in [0.5, 0.6) is 5.75 Å². The van der Waals surface area contributed by atoms with Crippen LogP contribution < -0.4 is 10.5 Å². The van der Waals surface area contributed by atoms with E-state index in [4.69, 9.17) is 10.5 Å². The highest BCUT2D eigenvalue weighted by Gasteiger charge is 2.30. The summed E-state index contributed by atoms with van der Waals surface area (Å²) in [6, 6.07) is 16.8. The molecule has 3 rings (SSSR count). The van der Waals surface area contributed by atoms with Gasteiger partial charge in [-0.1, -0.05) is 42.5 Å². The lowest BCUT2D eigenvalue weighted by atomic mass is 9.95. The van der Waals surface area contributed by atoms with E-state index in [1.165, 1.54) is 11.6 Å². The van der Waals surface area contributed by atoms with Crippen molar-refractivity contribution in [2.45, 2.75) is 12.0 Å². The van der Waals surface area contributed by atoms with Gasteiger partial charge < -0.3 is 10.5 Å². The summed E-state index contributed by atoms with van der Waals surface area (Å²) in [5.74, 6) is 0.628. The number of ether oxygens (including phenoxy) is 1. The number of nitrogens with two attached hydrogens (primary N) is 1. The van der Waals surface area contributed by atoms with Crippen molar-refractivity contribution < 1.29 is 9.66 Å². The summed E-state index contributed by atoms with van der Waals surface area (Å²) in [7, 11) is 0. The van der Waals surface area contributed by atoms with Crippen LogP contribution in [0.1, 0.15) is 11.5 Å². The van der Waals surface area contributed by atoms with E-state index in [0.717, 1.165) is 13.1 Å². The normalized spacial score (nSPS) is 20.9. The van der Waals surface area contributed by atoms with Crippen molar-refractivity contribution in [3.63, 3.8) is 0 Å². The fourth-order valence-electron chi connectivity index (χ4n) is 3.16. The SMILES string of the molecule is N[C@@H]1CN(CCOc2ccccc2[N+](=O)[O-])C[C@H]1c1ccccc1. The minimum atomic E-state index is -0.424. The van der Waals surface area contributed by atoms with Crippen LogP contribution in [0.2, 0.25) is 0 Å². The Kier molecular flexibility index (Phi) is 5.08. The first-order valence-corrected chi connectivity index (χ1v) is 8.04. The van der Waals surface area contributed by atoms with Crippen LogP contribution in [0.25, 0.3) is 0 Å². The predicted molar refractivity (Wildman–Crippen MR) is 92.2 cm³/mol. The molecule has 2 atom stereocenters. The highest BCUT2D eigenvalue weighted by Crippen LogP contribution is 2.27. The van der Waals surface area contributed by atoms with Gasteiger partial charge in [0.05, 0.1) is 4.92 Å². The molecule has 0 amide bonds. The Morgan fingerprint density at radius 3 is 2.58 bits per heavy atom. The third-order valence-corrected chi connectivity index (χ3v) is 4.40. The lowest BCUT2D eigenvalue weighted by Gasteiger charge is -2.16. The molecule has 0 spiro atoms.